The molecule has 1 amide bonds. The number of carbonyl (C=O) groups excluding carboxylic acids is 1. The van der Waals surface area contributed by atoms with Gasteiger partial charge in [0.1, 0.15) is 5.75 Å². The Morgan fingerprint density at radius 2 is 1.87 bits per heavy atom. The Morgan fingerprint density at radius 1 is 1.17 bits per heavy atom. The van der Waals surface area contributed by atoms with Crippen LogP contribution in [0.5, 0.6) is 5.75 Å². The molecule has 4 nitrogen and oxygen atoms in total. The molecule has 1 heterocycles. The lowest BCUT2D eigenvalue weighted by Gasteiger charge is -2.10. The highest BCUT2D eigenvalue weighted by Crippen LogP contribution is 2.19. The number of pyridine rings is 1. The summed E-state index contributed by atoms with van der Waals surface area (Å²) >= 11 is 0. The largest absolute Gasteiger partial charge is 0.494 e. The molecule has 0 aliphatic carbocycles. The molecule has 0 saturated carbocycles. The van der Waals surface area contributed by atoms with E-state index in [2.05, 4.69) is 16.4 Å². The van der Waals surface area contributed by atoms with Gasteiger partial charge in [0.05, 0.1) is 6.61 Å². The van der Waals surface area contributed by atoms with Crippen LogP contribution in [-0.2, 0) is 6.42 Å². The van der Waals surface area contributed by atoms with Crippen LogP contribution in [0.15, 0.2) is 36.4 Å². The summed E-state index contributed by atoms with van der Waals surface area (Å²) in [6.07, 6.45) is 1.75. The average molecular weight is 312 g/mol. The van der Waals surface area contributed by atoms with Crippen molar-refractivity contribution < 1.29 is 9.53 Å². The smallest absolute Gasteiger partial charge is 0.251 e. The number of carbonyl (C=O) groups is 1. The van der Waals surface area contributed by atoms with Crippen LogP contribution in [0, 0.1) is 13.8 Å². The zero-order chi connectivity index (χ0) is 16.7. The number of ether oxygens (including phenoxy) is 1. The molecule has 122 valence electrons. The molecule has 0 aliphatic rings. The molecule has 1 N–H and O–H groups in total. The second-order valence-electron chi connectivity index (χ2n) is 5.54. The van der Waals surface area contributed by atoms with Gasteiger partial charge in [0.15, 0.2) is 0 Å². The van der Waals surface area contributed by atoms with Gasteiger partial charge in [-0.05, 0) is 57.4 Å². The summed E-state index contributed by atoms with van der Waals surface area (Å²) in [5.41, 5.74) is 3.57. The van der Waals surface area contributed by atoms with Crippen LogP contribution in [-0.4, -0.2) is 24.0 Å². The fraction of sp³-hybridized carbons (Fsp3) is 0.368. The van der Waals surface area contributed by atoms with Crippen LogP contribution < -0.4 is 10.1 Å². The number of aromatic nitrogens is 1. The fourth-order valence-corrected chi connectivity index (χ4v) is 2.56. The second kappa shape index (κ2) is 8.32. The molecule has 1 aromatic heterocycles. The summed E-state index contributed by atoms with van der Waals surface area (Å²) in [4.78, 5) is 16.5. The van der Waals surface area contributed by atoms with Gasteiger partial charge in [-0.3, -0.25) is 9.78 Å². The van der Waals surface area contributed by atoms with Crippen LogP contribution in [0.3, 0.4) is 0 Å². The average Bonchev–Trinajstić information content (AvgIpc) is 2.52. The third kappa shape index (κ3) is 5.09. The Morgan fingerprint density at radius 3 is 2.57 bits per heavy atom. The molecular weight excluding hydrogens is 288 g/mol. The summed E-state index contributed by atoms with van der Waals surface area (Å²) in [5.74, 6) is 0.887. The summed E-state index contributed by atoms with van der Waals surface area (Å²) < 4.78 is 5.62. The maximum Gasteiger partial charge on any atom is 0.251 e. The Hall–Kier alpha value is -2.36. The third-order valence-electron chi connectivity index (χ3n) is 3.52. The van der Waals surface area contributed by atoms with E-state index >= 15 is 0 Å². The highest BCUT2D eigenvalue weighted by molar-refractivity contribution is 5.94. The SMILES string of the molecule is CCOc1ccccc1CCCNC(=O)c1cc(C)nc(C)c1. The number of hydrogen-bond donors (Lipinski definition) is 1. The molecule has 0 fully saturated rings. The quantitative estimate of drug-likeness (QED) is 0.797. The number of aryl methyl sites for hydroxylation is 3. The molecule has 0 aliphatic heterocycles. The number of para-hydroxylation sites is 1. The Labute approximate surface area is 137 Å². The molecule has 0 radical (unpaired) electrons. The predicted molar refractivity (Wildman–Crippen MR) is 92.0 cm³/mol. The molecule has 0 atom stereocenters. The van der Waals surface area contributed by atoms with Crippen molar-refractivity contribution in [1.82, 2.24) is 10.3 Å². The normalized spacial score (nSPS) is 10.4. The van der Waals surface area contributed by atoms with E-state index in [4.69, 9.17) is 4.74 Å². The van der Waals surface area contributed by atoms with Crippen molar-refractivity contribution in [3.05, 3.63) is 58.9 Å². The monoisotopic (exact) mass is 312 g/mol. The lowest BCUT2D eigenvalue weighted by Crippen LogP contribution is -2.25. The summed E-state index contributed by atoms with van der Waals surface area (Å²) in [6.45, 7) is 7.08. The van der Waals surface area contributed by atoms with Crippen LogP contribution in [0.2, 0.25) is 0 Å². The number of rotatable bonds is 7. The van der Waals surface area contributed by atoms with E-state index < -0.39 is 0 Å². The highest BCUT2D eigenvalue weighted by atomic mass is 16.5. The van der Waals surface area contributed by atoms with Gasteiger partial charge >= 0.3 is 0 Å². The van der Waals surface area contributed by atoms with E-state index in [9.17, 15) is 4.79 Å². The first-order chi connectivity index (χ1) is 11.1. The maximum atomic E-state index is 12.2. The van der Waals surface area contributed by atoms with Crippen LogP contribution in [0.1, 0.15) is 40.7 Å². The number of nitrogens with one attached hydrogen (secondary N) is 1. The van der Waals surface area contributed by atoms with E-state index in [0.717, 1.165) is 30.0 Å². The van der Waals surface area contributed by atoms with E-state index in [1.54, 1.807) is 0 Å². The van der Waals surface area contributed by atoms with Gasteiger partial charge in [-0.1, -0.05) is 18.2 Å². The van der Waals surface area contributed by atoms with Crippen molar-refractivity contribution in [3.63, 3.8) is 0 Å². The lowest BCUT2D eigenvalue weighted by molar-refractivity contribution is 0.0953. The zero-order valence-electron chi connectivity index (χ0n) is 14.1. The van der Waals surface area contributed by atoms with E-state index in [1.165, 1.54) is 5.56 Å². The minimum atomic E-state index is -0.0447. The first-order valence-electron chi connectivity index (χ1n) is 8.04. The Balaban J connectivity index is 1.84. The molecule has 1 aromatic carbocycles. The van der Waals surface area contributed by atoms with Crippen molar-refractivity contribution in [3.8, 4) is 5.75 Å². The molecule has 0 saturated heterocycles. The van der Waals surface area contributed by atoms with Crippen molar-refractivity contribution in [2.75, 3.05) is 13.2 Å². The predicted octanol–water partition coefficient (Wildman–Crippen LogP) is 3.46. The van der Waals surface area contributed by atoms with Crippen molar-refractivity contribution in [2.45, 2.75) is 33.6 Å². The van der Waals surface area contributed by atoms with Gasteiger partial charge < -0.3 is 10.1 Å². The molecule has 0 bridgehead atoms. The Bertz CT molecular complexity index is 648. The number of nitrogens with zero attached hydrogens (tertiary/aromatic N) is 1. The first kappa shape index (κ1) is 17.0. The molecule has 0 unspecified atom stereocenters. The van der Waals surface area contributed by atoms with Gasteiger partial charge in [0.25, 0.3) is 5.91 Å². The second-order valence-corrected chi connectivity index (χ2v) is 5.54. The molecule has 23 heavy (non-hydrogen) atoms. The summed E-state index contributed by atoms with van der Waals surface area (Å²) in [5, 5.41) is 2.97. The number of benzene rings is 1. The molecule has 2 rings (SSSR count). The Kier molecular flexibility index (Phi) is 6.15. The van der Waals surface area contributed by atoms with Gasteiger partial charge in [-0.25, -0.2) is 0 Å². The topological polar surface area (TPSA) is 51.2 Å². The minimum absolute atomic E-state index is 0.0447. The van der Waals surface area contributed by atoms with Crippen molar-refractivity contribution >= 4 is 5.91 Å². The minimum Gasteiger partial charge on any atom is -0.494 e. The van der Waals surface area contributed by atoms with Crippen LogP contribution >= 0.6 is 0 Å². The van der Waals surface area contributed by atoms with Crippen molar-refractivity contribution in [2.24, 2.45) is 0 Å². The van der Waals surface area contributed by atoms with Crippen molar-refractivity contribution in [1.29, 1.82) is 0 Å². The third-order valence-corrected chi connectivity index (χ3v) is 3.52. The molecular formula is C19H24N2O2. The summed E-state index contributed by atoms with van der Waals surface area (Å²) in [7, 11) is 0. The van der Waals surface area contributed by atoms with Crippen LogP contribution in [0.25, 0.3) is 0 Å². The number of amides is 1. The maximum absolute atomic E-state index is 12.2. The van der Waals surface area contributed by atoms with Crippen LogP contribution in [0.4, 0.5) is 0 Å². The van der Waals surface area contributed by atoms with Gasteiger partial charge in [0.2, 0.25) is 0 Å². The van der Waals surface area contributed by atoms with Gasteiger partial charge in [-0.15, -0.1) is 0 Å². The van der Waals surface area contributed by atoms with E-state index in [1.807, 2.05) is 51.1 Å². The standard InChI is InChI=1S/C19H24N2O2/c1-4-23-18-10-6-5-8-16(18)9-7-11-20-19(22)17-12-14(2)21-15(3)13-17/h5-6,8,10,12-13H,4,7,9,11H2,1-3H3,(H,20,22). The summed E-state index contributed by atoms with van der Waals surface area (Å²) in [6, 6.07) is 11.7. The lowest BCUT2D eigenvalue weighted by atomic mass is 10.1. The van der Waals surface area contributed by atoms with Gasteiger partial charge in [-0.2, -0.15) is 0 Å². The molecule has 4 heteroatoms. The first-order valence-corrected chi connectivity index (χ1v) is 8.04. The highest BCUT2D eigenvalue weighted by Gasteiger charge is 2.07. The van der Waals surface area contributed by atoms with E-state index in [-0.39, 0.29) is 5.91 Å². The molecule has 2 aromatic rings. The number of hydrogen-bond acceptors (Lipinski definition) is 3. The molecule has 0 spiro atoms. The van der Waals surface area contributed by atoms with Gasteiger partial charge in [0, 0.05) is 23.5 Å². The van der Waals surface area contributed by atoms with E-state index in [0.29, 0.717) is 18.7 Å². The zero-order valence-corrected chi connectivity index (χ0v) is 14.1. The fourth-order valence-electron chi connectivity index (χ4n) is 2.56.